The first-order valence-electron chi connectivity index (χ1n) is 7.05. The molecule has 1 N–H and O–H groups in total. The van der Waals surface area contributed by atoms with Crippen LogP contribution in [0.15, 0.2) is 0 Å². The van der Waals surface area contributed by atoms with Crippen LogP contribution in [0.5, 0.6) is 0 Å². The van der Waals surface area contributed by atoms with E-state index >= 15 is 0 Å². The van der Waals surface area contributed by atoms with Gasteiger partial charge < -0.3 is 24.2 Å². The molecule has 2 aliphatic rings. The molecule has 2 rings (SSSR count). The van der Waals surface area contributed by atoms with Gasteiger partial charge in [-0.05, 0) is 25.7 Å². The average molecular weight is 273 g/mol. The fraction of sp³-hybridized carbons (Fsp3) is 0.923. The monoisotopic (exact) mass is 273 g/mol. The molecule has 2 unspecified atom stereocenters. The summed E-state index contributed by atoms with van der Waals surface area (Å²) in [6.45, 7) is 2.51. The number of amides is 1. The largest absolute Gasteiger partial charge is 0.447 e. The van der Waals surface area contributed by atoms with Gasteiger partial charge in [0, 0.05) is 13.2 Å². The van der Waals surface area contributed by atoms with E-state index in [4.69, 9.17) is 19.3 Å². The quantitative estimate of drug-likeness (QED) is 0.774. The first-order chi connectivity index (χ1) is 9.29. The van der Waals surface area contributed by atoms with Gasteiger partial charge in [0.2, 0.25) is 0 Å². The molecular formula is C13H23NO5. The van der Waals surface area contributed by atoms with Crippen LogP contribution in [0.25, 0.3) is 0 Å². The number of hydrogen-bond donors (Lipinski definition) is 1. The van der Waals surface area contributed by atoms with Gasteiger partial charge in [-0.15, -0.1) is 0 Å². The van der Waals surface area contributed by atoms with Gasteiger partial charge in [-0.3, -0.25) is 0 Å². The van der Waals surface area contributed by atoms with E-state index in [1.807, 2.05) is 0 Å². The fourth-order valence-corrected chi connectivity index (χ4v) is 2.52. The zero-order valence-electron chi connectivity index (χ0n) is 11.3. The molecule has 0 aromatic rings. The van der Waals surface area contributed by atoms with E-state index in [1.165, 1.54) is 0 Å². The van der Waals surface area contributed by atoms with Crippen LogP contribution in [0.3, 0.4) is 0 Å². The van der Waals surface area contributed by atoms with Crippen LogP contribution in [0.1, 0.15) is 25.7 Å². The lowest BCUT2D eigenvalue weighted by Crippen LogP contribution is -2.42. The molecule has 19 heavy (non-hydrogen) atoms. The second kappa shape index (κ2) is 7.67. The summed E-state index contributed by atoms with van der Waals surface area (Å²) in [6, 6.07) is 0. The summed E-state index contributed by atoms with van der Waals surface area (Å²) in [7, 11) is 0. The smallest absolute Gasteiger partial charge is 0.410 e. The van der Waals surface area contributed by atoms with E-state index in [2.05, 4.69) is 0 Å². The summed E-state index contributed by atoms with van der Waals surface area (Å²) >= 11 is 0. The van der Waals surface area contributed by atoms with Crippen molar-refractivity contribution < 1.29 is 24.1 Å². The number of rotatable bonds is 6. The van der Waals surface area contributed by atoms with E-state index in [0.29, 0.717) is 13.1 Å². The maximum atomic E-state index is 12.0. The van der Waals surface area contributed by atoms with Crippen LogP contribution in [-0.2, 0) is 14.2 Å². The minimum atomic E-state index is -0.389. The number of hydrogen-bond acceptors (Lipinski definition) is 5. The van der Waals surface area contributed by atoms with Crippen LogP contribution < -0.4 is 0 Å². The van der Waals surface area contributed by atoms with Crippen molar-refractivity contribution in [2.75, 3.05) is 39.5 Å². The summed E-state index contributed by atoms with van der Waals surface area (Å²) in [5.41, 5.74) is 0. The van der Waals surface area contributed by atoms with Crippen molar-refractivity contribution in [1.82, 2.24) is 4.90 Å². The van der Waals surface area contributed by atoms with Gasteiger partial charge in [0.05, 0.1) is 31.9 Å². The van der Waals surface area contributed by atoms with Crippen molar-refractivity contribution in [3.63, 3.8) is 0 Å². The lowest BCUT2D eigenvalue weighted by atomic mass is 10.2. The summed E-state index contributed by atoms with van der Waals surface area (Å²) in [4.78, 5) is 13.6. The SMILES string of the molecule is O=C(OCCO)N(CC1CCCO1)CC1CCCO1. The van der Waals surface area contributed by atoms with Crippen molar-refractivity contribution in [1.29, 1.82) is 0 Å². The van der Waals surface area contributed by atoms with Crippen LogP contribution in [0.2, 0.25) is 0 Å². The lowest BCUT2D eigenvalue weighted by molar-refractivity contribution is 0.0243. The zero-order chi connectivity index (χ0) is 13.5. The highest BCUT2D eigenvalue weighted by Gasteiger charge is 2.27. The third-order valence-electron chi connectivity index (χ3n) is 3.47. The molecule has 2 fully saturated rings. The molecule has 0 aromatic carbocycles. The van der Waals surface area contributed by atoms with Crippen molar-refractivity contribution in [2.45, 2.75) is 37.9 Å². The first kappa shape index (κ1) is 14.6. The minimum absolute atomic E-state index is 0.0341. The number of carbonyl (C=O) groups is 1. The molecule has 2 heterocycles. The lowest BCUT2D eigenvalue weighted by Gasteiger charge is -2.26. The van der Waals surface area contributed by atoms with Gasteiger partial charge in [-0.25, -0.2) is 4.79 Å². The Morgan fingerprint density at radius 3 is 2.16 bits per heavy atom. The predicted molar refractivity (Wildman–Crippen MR) is 68.0 cm³/mol. The van der Waals surface area contributed by atoms with Crippen LogP contribution in [-0.4, -0.2) is 67.8 Å². The van der Waals surface area contributed by atoms with Gasteiger partial charge >= 0.3 is 6.09 Å². The van der Waals surface area contributed by atoms with Gasteiger partial charge in [-0.2, -0.15) is 0 Å². The van der Waals surface area contributed by atoms with Gasteiger partial charge in [0.1, 0.15) is 6.61 Å². The summed E-state index contributed by atoms with van der Waals surface area (Å²) < 4.78 is 16.1. The Labute approximate surface area is 113 Å². The van der Waals surface area contributed by atoms with Crippen molar-refractivity contribution in [2.24, 2.45) is 0 Å². The molecular weight excluding hydrogens is 250 g/mol. The van der Waals surface area contributed by atoms with Crippen LogP contribution in [0, 0.1) is 0 Å². The number of aliphatic hydroxyl groups excluding tert-OH is 1. The molecule has 0 aliphatic carbocycles. The van der Waals surface area contributed by atoms with Crippen molar-refractivity contribution in [3.8, 4) is 0 Å². The Hall–Kier alpha value is -0.850. The Bertz CT molecular complexity index is 256. The van der Waals surface area contributed by atoms with Crippen molar-refractivity contribution >= 4 is 6.09 Å². The first-order valence-corrected chi connectivity index (χ1v) is 7.05. The third kappa shape index (κ3) is 4.63. The molecule has 2 aliphatic heterocycles. The second-order valence-electron chi connectivity index (χ2n) is 5.01. The number of ether oxygens (including phenoxy) is 3. The Balaban J connectivity index is 1.84. The Morgan fingerprint density at radius 1 is 1.16 bits per heavy atom. The highest BCUT2D eigenvalue weighted by atomic mass is 16.6. The molecule has 2 atom stereocenters. The van der Waals surface area contributed by atoms with E-state index < -0.39 is 0 Å². The molecule has 6 nitrogen and oxygen atoms in total. The zero-order valence-corrected chi connectivity index (χ0v) is 11.3. The van der Waals surface area contributed by atoms with E-state index in [1.54, 1.807) is 4.90 Å². The Morgan fingerprint density at radius 2 is 1.74 bits per heavy atom. The molecule has 0 radical (unpaired) electrons. The number of nitrogens with zero attached hydrogens (tertiary/aromatic N) is 1. The molecule has 0 bridgehead atoms. The maximum Gasteiger partial charge on any atom is 0.410 e. The third-order valence-corrected chi connectivity index (χ3v) is 3.47. The number of aliphatic hydroxyl groups is 1. The van der Waals surface area contributed by atoms with Crippen LogP contribution in [0.4, 0.5) is 4.79 Å². The highest BCUT2D eigenvalue weighted by Crippen LogP contribution is 2.17. The molecule has 0 aromatic heterocycles. The van der Waals surface area contributed by atoms with E-state index in [-0.39, 0.29) is 31.5 Å². The highest BCUT2D eigenvalue weighted by molar-refractivity contribution is 5.67. The normalized spacial score (nSPS) is 26.6. The topological polar surface area (TPSA) is 68.2 Å². The maximum absolute atomic E-state index is 12.0. The van der Waals surface area contributed by atoms with Crippen LogP contribution >= 0.6 is 0 Å². The summed E-state index contributed by atoms with van der Waals surface area (Å²) in [5.74, 6) is 0. The minimum Gasteiger partial charge on any atom is -0.447 e. The predicted octanol–water partition coefficient (Wildman–Crippen LogP) is 0.775. The van der Waals surface area contributed by atoms with E-state index in [9.17, 15) is 4.79 Å². The standard InChI is InChI=1S/C13H23NO5/c15-5-8-19-13(16)14(9-11-3-1-6-17-11)10-12-4-2-7-18-12/h11-12,15H,1-10H2. The van der Waals surface area contributed by atoms with Gasteiger partial charge in [-0.1, -0.05) is 0 Å². The Kier molecular flexibility index (Phi) is 5.88. The molecule has 110 valence electrons. The summed E-state index contributed by atoms with van der Waals surface area (Å²) in [6.07, 6.45) is 3.87. The molecule has 6 heteroatoms. The fourth-order valence-electron chi connectivity index (χ4n) is 2.52. The van der Waals surface area contributed by atoms with Gasteiger partial charge in [0.15, 0.2) is 0 Å². The molecule has 0 saturated carbocycles. The van der Waals surface area contributed by atoms with E-state index in [0.717, 1.165) is 38.9 Å². The van der Waals surface area contributed by atoms with Gasteiger partial charge in [0.25, 0.3) is 0 Å². The summed E-state index contributed by atoms with van der Waals surface area (Å²) in [5, 5.41) is 8.72. The second-order valence-corrected chi connectivity index (χ2v) is 5.01. The van der Waals surface area contributed by atoms with Crippen molar-refractivity contribution in [3.05, 3.63) is 0 Å². The number of carbonyl (C=O) groups excluding carboxylic acids is 1. The molecule has 2 saturated heterocycles. The molecule has 1 amide bonds. The molecule has 0 spiro atoms. The average Bonchev–Trinajstić information content (AvgIpc) is 3.08.